The zero-order valence-electron chi connectivity index (χ0n) is 14.1. The first-order chi connectivity index (χ1) is 11.5. The third kappa shape index (κ3) is 2.18. The lowest BCUT2D eigenvalue weighted by atomic mass is 10.2. The molecule has 2 aromatic heterocycles. The maximum Gasteiger partial charge on any atom is 0.266 e. The molecule has 0 aliphatic carbocycles. The summed E-state index contributed by atoms with van der Waals surface area (Å²) in [4.78, 5) is 17.4. The fraction of sp³-hybridized carbons (Fsp3) is 0.312. The molecule has 0 atom stereocenters. The lowest BCUT2D eigenvalue weighted by molar-refractivity contribution is 0.326. The van der Waals surface area contributed by atoms with Crippen LogP contribution in [0, 0.1) is 13.8 Å². The molecule has 0 saturated heterocycles. The maximum absolute atomic E-state index is 13.0. The van der Waals surface area contributed by atoms with Crippen molar-refractivity contribution in [1.29, 1.82) is 0 Å². The van der Waals surface area contributed by atoms with Crippen molar-refractivity contribution in [2.24, 2.45) is 0 Å². The molecule has 0 spiro atoms. The van der Waals surface area contributed by atoms with Gasteiger partial charge in [-0.2, -0.15) is 5.10 Å². The molecule has 0 unspecified atom stereocenters. The number of H-pyrrole nitrogens is 1. The van der Waals surface area contributed by atoms with Gasteiger partial charge in [-0.3, -0.25) is 14.5 Å². The normalized spacial score (nSPS) is 10.9. The molecule has 0 aliphatic rings. The van der Waals surface area contributed by atoms with E-state index in [2.05, 4.69) is 15.2 Å². The number of aromatic nitrogens is 4. The Balaban J connectivity index is 2.40. The number of aromatic amines is 1. The molecule has 24 heavy (non-hydrogen) atoms. The van der Waals surface area contributed by atoms with E-state index < -0.39 is 0 Å². The molecule has 0 bridgehead atoms. The number of hydrogen-bond acceptors (Lipinski definition) is 6. The van der Waals surface area contributed by atoms with Crippen LogP contribution in [0.25, 0.3) is 16.6 Å². The van der Waals surface area contributed by atoms with Crippen molar-refractivity contribution in [3.05, 3.63) is 34.1 Å². The van der Waals surface area contributed by atoms with Crippen molar-refractivity contribution in [2.75, 3.05) is 21.3 Å². The molecule has 126 valence electrons. The van der Waals surface area contributed by atoms with Crippen LogP contribution in [0.2, 0.25) is 0 Å². The van der Waals surface area contributed by atoms with Gasteiger partial charge >= 0.3 is 0 Å². The van der Waals surface area contributed by atoms with Gasteiger partial charge in [0.2, 0.25) is 5.75 Å². The Morgan fingerprint density at radius 1 is 1.08 bits per heavy atom. The number of nitrogens with one attached hydrogen (secondary N) is 1. The molecular formula is C16H18N4O4. The first-order valence-corrected chi connectivity index (χ1v) is 7.25. The summed E-state index contributed by atoms with van der Waals surface area (Å²) in [7, 11) is 4.50. The van der Waals surface area contributed by atoms with Gasteiger partial charge in [-0.05, 0) is 19.9 Å². The number of methoxy groups -OCH3 is 3. The summed E-state index contributed by atoms with van der Waals surface area (Å²) < 4.78 is 17.5. The molecule has 1 aromatic carbocycles. The van der Waals surface area contributed by atoms with Crippen molar-refractivity contribution in [1.82, 2.24) is 19.7 Å². The number of fused-ring (bicyclic) bond motifs is 1. The highest BCUT2D eigenvalue weighted by Crippen LogP contribution is 2.41. The highest BCUT2D eigenvalue weighted by molar-refractivity contribution is 5.89. The van der Waals surface area contributed by atoms with Crippen LogP contribution in [-0.2, 0) is 0 Å². The van der Waals surface area contributed by atoms with E-state index in [1.165, 1.54) is 32.2 Å². The number of benzene rings is 1. The number of rotatable bonds is 4. The van der Waals surface area contributed by atoms with Gasteiger partial charge in [-0.1, -0.05) is 0 Å². The summed E-state index contributed by atoms with van der Waals surface area (Å²) in [6.45, 7) is 3.67. The second-order valence-electron chi connectivity index (χ2n) is 5.24. The SMILES string of the molecule is COc1cc2c(=O)n(-c3c(C)n[nH]c3C)cnc2c(OC)c1OC. The van der Waals surface area contributed by atoms with Crippen LogP contribution in [0.1, 0.15) is 11.4 Å². The van der Waals surface area contributed by atoms with E-state index in [1.54, 1.807) is 6.07 Å². The van der Waals surface area contributed by atoms with Gasteiger partial charge in [0.25, 0.3) is 5.56 Å². The predicted molar refractivity (Wildman–Crippen MR) is 88.6 cm³/mol. The molecule has 8 heteroatoms. The molecule has 2 heterocycles. The molecule has 0 amide bonds. The van der Waals surface area contributed by atoms with Crippen LogP contribution in [-0.4, -0.2) is 41.1 Å². The molecule has 0 aliphatic heterocycles. The number of nitrogens with zero attached hydrogens (tertiary/aromatic N) is 3. The fourth-order valence-corrected chi connectivity index (χ4v) is 2.79. The molecule has 0 saturated carbocycles. The van der Waals surface area contributed by atoms with Crippen LogP contribution in [0.3, 0.4) is 0 Å². The smallest absolute Gasteiger partial charge is 0.266 e. The van der Waals surface area contributed by atoms with Crippen LogP contribution in [0.5, 0.6) is 17.2 Å². The quantitative estimate of drug-likeness (QED) is 0.784. The van der Waals surface area contributed by atoms with Gasteiger partial charge in [0, 0.05) is 0 Å². The summed E-state index contributed by atoms with van der Waals surface area (Å²) in [5.41, 5.74) is 2.34. The summed E-state index contributed by atoms with van der Waals surface area (Å²) in [6.07, 6.45) is 1.46. The molecular weight excluding hydrogens is 312 g/mol. The third-order valence-corrected chi connectivity index (χ3v) is 3.89. The van der Waals surface area contributed by atoms with Gasteiger partial charge in [0.1, 0.15) is 11.8 Å². The minimum Gasteiger partial charge on any atom is -0.493 e. The van der Waals surface area contributed by atoms with Gasteiger partial charge < -0.3 is 14.2 Å². The average Bonchev–Trinajstić information content (AvgIpc) is 2.92. The Kier molecular flexibility index (Phi) is 3.88. The van der Waals surface area contributed by atoms with Crippen molar-refractivity contribution >= 4 is 10.9 Å². The van der Waals surface area contributed by atoms with Crippen LogP contribution in [0.15, 0.2) is 17.2 Å². The van der Waals surface area contributed by atoms with E-state index in [4.69, 9.17) is 14.2 Å². The van der Waals surface area contributed by atoms with Crippen LogP contribution < -0.4 is 19.8 Å². The van der Waals surface area contributed by atoms with Gasteiger partial charge in [-0.15, -0.1) is 0 Å². The summed E-state index contributed by atoms with van der Waals surface area (Å²) in [5.74, 6) is 1.16. The Labute approximate surface area is 138 Å². The minimum atomic E-state index is -0.244. The van der Waals surface area contributed by atoms with Gasteiger partial charge in [-0.25, -0.2) is 4.98 Å². The lowest BCUT2D eigenvalue weighted by Gasteiger charge is -2.15. The predicted octanol–water partition coefficient (Wildman–Crippen LogP) is 1.75. The monoisotopic (exact) mass is 330 g/mol. The summed E-state index contributed by atoms with van der Waals surface area (Å²) in [6, 6.07) is 1.60. The Hall–Kier alpha value is -3.03. The van der Waals surface area contributed by atoms with E-state index in [-0.39, 0.29) is 5.56 Å². The Morgan fingerprint density at radius 3 is 2.33 bits per heavy atom. The second kappa shape index (κ2) is 5.88. The zero-order chi connectivity index (χ0) is 17.4. The first-order valence-electron chi connectivity index (χ1n) is 7.25. The third-order valence-electron chi connectivity index (χ3n) is 3.89. The average molecular weight is 330 g/mol. The highest BCUT2D eigenvalue weighted by Gasteiger charge is 2.21. The van der Waals surface area contributed by atoms with Crippen molar-refractivity contribution in [3.8, 4) is 22.9 Å². The molecule has 0 fully saturated rings. The number of ether oxygens (including phenoxy) is 3. The first kappa shape index (κ1) is 15.9. The molecule has 3 rings (SSSR count). The van der Waals surface area contributed by atoms with E-state index in [9.17, 15) is 4.79 Å². The number of aryl methyl sites for hydroxylation is 2. The zero-order valence-corrected chi connectivity index (χ0v) is 14.1. The van der Waals surface area contributed by atoms with E-state index in [0.717, 1.165) is 5.69 Å². The molecule has 3 aromatic rings. The summed E-state index contributed by atoms with van der Waals surface area (Å²) in [5, 5.41) is 7.36. The summed E-state index contributed by atoms with van der Waals surface area (Å²) >= 11 is 0. The highest BCUT2D eigenvalue weighted by atomic mass is 16.5. The fourth-order valence-electron chi connectivity index (χ4n) is 2.79. The van der Waals surface area contributed by atoms with Gasteiger partial charge in [0.15, 0.2) is 11.5 Å². The molecule has 0 radical (unpaired) electrons. The van der Waals surface area contributed by atoms with Crippen LogP contribution >= 0.6 is 0 Å². The van der Waals surface area contributed by atoms with E-state index in [0.29, 0.717) is 39.5 Å². The lowest BCUT2D eigenvalue weighted by Crippen LogP contribution is -2.20. The molecule has 1 N–H and O–H groups in total. The second-order valence-corrected chi connectivity index (χ2v) is 5.24. The Bertz CT molecular complexity index is 955. The van der Waals surface area contributed by atoms with Gasteiger partial charge in [0.05, 0.1) is 43.8 Å². The Morgan fingerprint density at radius 2 is 1.79 bits per heavy atom. The minimum absolute atomic E-state index is 0.244. The van der Waals surface area contributed by atoms with E-state index >= 15 is 0 Å². The van der Waals surface area contributed by atoms with Crippen molar-refractivity contribution in [2.45, 2.75) is 13.8 Å². The van der Waals surface area contributed by atoms with Crippen LogP contribution in [0.4, 0.5) is 0 Å². The largest absolute Gasteiger partial charge is 0.493 e. The number of hydrogen-bond donors (Lipinski definition) is 1. The van der Waals surface area contributed by atoms with E-state index in [1.807, 2.05) is 13.8 Å². The maximum atomic E-state index is 13.0. The topological polar surface area (TPSA) is 91.3 Å². The van der Waals surface area contributed by atoms with Crippen molar-refractivity contribution < 1.29 is 14.2 Å². The van der Waals surface area contributed by atoms with Crippen molar-refractivity contribution in [3.63, 3.8) is 0 Å². The molecule has 8 nitrogen and oxygen atoms in total. The standard InChI is InChI=1S/C16H18N4O4/c1-8-13(9(2)19-18-8)20-7-17-12-10(16(20)21)6-11(22-3)14(23-4)15(12)24-5/h6-7H,1-5H3,(H,18,19).